The lowest BCUT2D eigenvalue weighted by Gasteiger charge is -2.24. The monoisotopic (exact) mass is 380 g/mol. The topological polar surface area (TPSA) is 66.9 Å². The molecule has 0 spiro atoms. The van der Waals surface area contributed by atoms with E-state index in [1.165, 1.54) is 9.80 Å². The van der Waals surface area contributed by atoms with E-state index in [1.54, 1.807) is 31.3 Å². The van der Waals surface area contributed by atoms with E-state index in [0.29, 0.717) is 17.7 Å². The molecule has 6 nitrogen and oxygen atoms in total. The van der Waals surface area contributed by atoms with Crippen LogP contribution in [0.15, 0.2) is 48.5 Å². The van der Waals surface area contributed by atoms with E-state index in [4.69, 9.17) is 4.74 Å². The highest BCUT2D eigenvalue weighted by Gasteiger charge is 2.34. The summed E-state index contributed by atoms with van der Waals surface area (Å²) in [4.78, 5) is 39.7. The van der Waals surface area contributed by atoms with Crippen LogP contribution in [0.5, 0.6) is 0 Å². The number of carbonyl (C=O) groups is 3. The van der Waals surface area contributed by atoms with Crippen LogP contribution < -0.4 is 0 Å². The van der Waals surface area contributed by atoms with Crippen LogP contribution in [-0.4, -0.2) is 40.4 Å². The summed E-state index contributed by atoms with van der Waals surface area (Å²) in [6.07, 6.45) is -0.386. The van der Waals surface area contributed by atoms with Gasteiger partial charge in [-0.15, -0.1) is 0 Å². The molecule has 0 aliphatic carbocycles. The zero-order valence-electron chi connectivity index (χ0n) is 16.6. The number of hydrogen-bond acceptors (Lipinski definition) is 4. The van der Waals surface area contributed by atoms with Crippen LogP contribution in [0.4, 0.5) is 4.79 Å². The summed E-state index contributed by atoms with van der Waals surface area (Å²) >= 11 is 0. The average molecular weight is 380 g/mol. The standard InChI is InChI=1S/C22H24N2O4/c1-22(2,3)28-21(27)23(4)13-15-9-11-16(12-10-15)14-24-19(25)17-7-5-6-8-18(17)20(24)26/h5-12H,13-14H2,1-4H3. The zero-order valence-corrected chi connectivity index (χ0v) is 16.6. The third-order valence-electron chi connectivity index (χ3n) is 4.37. The molecule has 146 valence electrons. The molecule has 0 aromatic heterocycles. The van der Waals surface area contributed by atoms with Gasteiger partial charge >= 0.3 is 6.09 Å². The molecule has 0 unspecified atom stereocenters. The Bertz CT molecular complexity index is 878. The molecule has 0 radical (unpaired) electrons. The first-order valence-corrected chi connectivity index (χ1v) is 9.13. The molecule has 1 heterocycles. The molecule has 0 N–H and O–H groups in total. The molecule has 0 fully saturated rings. The highest BCUT2D eigenvalue weighted by Crippen LogP contribution is 2.24. The van der Waals surface area contributed by atoms with Crippen molar-refractivity contribution in [3.8, 4) is 0 Å². The Balaban J connectivity index is 1.63. The fourth-order valence-corrected chi connectivity index (χ4v) is 2.99. The highest BCUT2D eigenvalue weighted by molar-refractivity contribution is 6.21. The molecule has 0 bridgehead atoms. The Morgan fingerprint density at radius 2 is 1.43 bits per heavy atom. The van der Waals surface area contributed by atoms with Crippen molar-refractivity contribution in [3.63, 3.8) is 0 Å². The van der Waals surface area contributed by atoms with E-state index < -0.39 is 5.60 Å². The maximum absolute atomic E-state index is 12.5. The molecule has 0 atom stereocenters. The molecule has 2 aromatic carbocycles. The second kappa shape index (κ2) is 7.46. The Morgan fingerprint density at radius 1 is 0.929 bits per heavy atom. The summed E-state index contributed by atoms with van der Waals surface area (Å²) in [7, 11) is 1.68. The van der Waals surface area contributed by atoms with E-state index in [1.807, 2.05) is 45.0 Å². The van der Waals surface area contributed by atoms with E-state index in [0.717, 1.165) is 11.1 Å². The Labute approximate surface area is 164 Å². The van der Waals surface area contributed by atoms with Crippen molar-refractivity contribution in [1.82, 2.24) is 9.80 Å². The van der Waals surface area contributed by atoms with Crippen molar-refractivity contribution >= 4 is 17.9 Å². The molecule has 0 saturated carbocycles. The maximum atomic E-state index is 12.5. The van der Waals surface area contributed by atoms with Gasteiger partial charge in [-0.25, -0.2) is 4.79 Å². The first kappa shape index (κ1) is 19.6. The number of benzene rings is 2. The van der Waals surface area contributed by atoms with Crippen molar-refractivity contribution in [2.24, 2.45) is 0 Å². The lowest BCUT2D eigenvalue weighted by atomic mass is 10.1. The van der Waals surface area contributed by atoms with Crippen LogP contribution in [0.25, 0.3) is 0 Å². The second-order valence-corrected chi connectivity index (χ2v) is 7.89. The highest BCUT2D eigenvalue weighted by atomic mass is 16.6. The van der Waals surface area contributed by atoms with Crippen LogP contribution in [-0.2, 0) is 17.8 Å². The molecule has 6 heteroatoms. The lowest BCUT2D eigenvalue weighted by Crippen LogP contribution is -2.33. The molecule has 3 amide bonds. The normalized spacial score (nSPS) is 13.5. The van der Waals surface area contributed by atoms with Crippen molar-refractivity contribution in [2.75, 3.05) is 7.05 Å². The third-order valence-corrected chi connectivity index (χ3v) is 4.37. The van der Waals surface area contributed by atoms with E-state index >= 15 is 0 Å². The Morgan fingerprint density at radius 3 is 1.93 bits per heavy atom. The number of amides is 3. The van der Waals surface area contributed by atoms with Crippen LogP contribution in [0.1, 0.15) is 52.6 Å². The van der Waals surface area contributed by atoms with Gasteiger partial charge in [-0.2, -0.15) is 0 Å². The molecular weight excluding hydrogens is 356 g/mol. The van der Waals surface area contributed by atoms with Crippen LogP contribution in [0.3, 0.4) is 0 Å². The molecule has 1 aliphatic rings. The number of imide groups is 1. The minimum absolute atomic E-state index is 0.217. The molecular formula is C22H24N2O4. The molecule has 3 rings (SSSR count). The molecule has 1 aliphatic heterocycles. The van der Waals surface area contributed by atoms with Gasteiger partial charge in [0.25, 0.3) is 11.8 Å². The summed E-state index contributed by atoms with van der Waals surface area (Å²) in [5, 5.41) is 0. The predicted octanol–water partition coefficient (Wildman–Crippen LogP) is 3.85. The largest absolute Gasteiger partial charge is 0.444 e. The van der Waals surface area contributed by atoms with Gasteiger partial charge in [0.15, 0.2) is 0 Å². The minimum Gasteiger partial charge on any atom is -0.444 e. The Hall–Kier alpha value is -3.15. The minimum atomic E-state index is -0.540. The molecule has 0 saturated heterocycles. The number of carbonyl (C=O) groups excluding carboxylic acids is 3. The quantitative estimate of drug-likeness (QED) is 0.756. The van der Waals surface area contributed by atoms with Gasteiger partial charge in [-0.3, -0.25) is 14.5 Å². The van der Waals surface area contributed by atoms with Gasteiger partial charge in [-0.05, 0) is 44.0 Å². The van der Waals surface area contributed by atoms with Crippen molar-refractivity contribution in [3.05, 3.63) is 70.8 Å². The number of rotatable bonds is 4. The summed E-state index contributed by atoms with van der Waals surface area (Å²) in [5.74, 6) is -0.538. The van der Waals surface area contributed by atoms with Crippen LogP contribution in [0.2, 0.25) is 0 Å². The van der Waals surface area contributed by atoms with Gasteiger partial charge < -0.3 is 9.64 Å². The van der Waals surface area contributed by atoms with Crippen molar-refractivity contribution < 1.29 is 19.1 Å². The van der Waals surface area contributed by atoms with Gasteiger partial charge in [-0.1, -0.05) is 36.4 Å². The van der Waals surface area contributed by atoms with Gasteiger partial charge in [0.05, 0.1) is 17.7 Å². The van der Waals surface area contributed by atoms with Crippen molar-refractivity contribution in [1.29, 1.82) is 0 Å². The van der Waals surface area contributed by atoms with E-state index in [9.17, 15) is 14.4 Å². The third kappa shape index (κ3) is 4.22. The van der Waals surface area contributed by atoms with Crippen molar-refractivity contribution in [2.45, 2.75) is 39.5 Å². The maximum Gasteiger partial charge on any atom is 0.410 e. The number of nitrogens with zero attached hydrogens (tertiary/aromatic N) is 2. The second-order valence-electron chi connectivity index (χ2n) is 7.89. The average Bonchev–Trinajstić information content (AvgIpc) is 2.87. The lowest BCUT2D eigenvalue weighted by molar-refractivity contribution is 0.0284. The number of ether oxygens (including phenoxy) is 1. The van der Waals surface area contributed by atoms with Gasteiger partial charge in [0.2, 0.25) is 0 Å². The summed E-state index contributed by atoms with van der Waals surface area (Å²) in [5.41, 5.74) is 2.13. The molecule has 2 aromatic rings. The fourth-order valence-electron chi connectivity index (χ4n) is 2.99. The van der Waals surface area contributed by atoms with Gasteiger partial charge in [0.1, 0.15) is 5.60 Å². The van der Waals surface area contributed by atoms with E-state index in [-0.39, 0.29) is 24.5 Å². The Kier molecular flexibility index (Phi) is 5.23. The number of hydrogen-bond donors (Lipinski definition) is 0. The molecule has 28 heavy (non-hydrogen) atoms. The smallest absolute Gasteiger partial charge is 0.410 e. The first-order chi connectivity index (χ1) is 13.2. The summed E-state index contributed by atoms with van der Waals surface area (Å²) in [6, 6.07) is 14.3. The summed E-state index contributed by atoms with van der Waals surface area (Å²) < 4.78 is 5.34. The van der Waals surface area contributed by atoms with Gasteiger partial charge in [0, 0.05) is 13.6 Å². The zero-order chi connectivity index (χ0) is 20.5. The van der Waals surface area contributed by atoms with Crippen LogP contribution in [0, 0.1) is 0 Å². The number of fused-ring (bicyclic) bond motifs is 1. The first-order valence-electron chi connectivity index (χ1n) is 9.13. The SMILES string of the molecule is CN(Cc1ccc(CN2C(=O)c3ccccc3C2=O)cc1)C(=O)OC(C)(C)C. The summed E-state index contributed by atoms with van der Waals surface area (Å²) in [6.45, 7) is 6.10. The predicted molar refractivity (Wildman–Crippen MR) is 105 cm³/mol. The fraction of sp³-hybridized carbons (Fsp3) is 0.318. The van der Waals surface area contributed by atoms with Crippen LogP contribution >= 0.6 is 0 Å². The van der Waals surface area contributed by atoms with E-state index in [2.05, 4.69) is 0 Å².